The van der Waals surface area contributed by atoms with E-state index in [1.807, 2.05) is 73.6 Å². The third kappa shape index (κ3) is 3.77. The molecule has 0 atom stereocenters. The van der Waals surface area contributed by atoms with Crippen LogP contribution in [0.15, 0.2) is 75.6 Å². The van der Waals surface area contributed by atoms with Gasteiger partial charge in [-0.2, -0.15) is 0 Å². The second-order valence-corrected chi connectivity index (χ2v) is 7.52. The summed E-state index contributed by atoms with van der Waals surface area (Å²) in [6, 6.07) is 20.7. The van der Waals surface area contributed by atoms with Crippen LogP contribution >= 0.6 is 15.9 Å². The van der Waals surface area contributed by atoms with E-state index in [-0.39, 0.29) is 5.91 Å². The number of halogens is 1. The molecule has 1 aromatic heterocycles. The van der Waals surface area contributed by atoms with Gasteiger partial charge in [-0.15, -0.1) is 0 Å². The van der Waals surface area contributed by atoms with E-state index in [4.69, 9.17) is 4.42 Å². The van der Waals surface area contributed by atoms with Crippen LogP contribution in [0.4, 0.5) is 11.4 Å². The molecular weight excluding hydrogens is 418 g/mol. The summed E-state index contributed by atoms with van der Waals surface area (Å²) in [5, 5.41) is 2.90. The topological polar surface area (TPSA) is 58.4 Å². The molecule has 0 saturated carbocycles. The summed E-state index contributed by atoms with van der Waals surface area (Å²) in [5.41, 5.74) is 4.63. The number of nitrogens with one attached hydrogen (secondary N) is 1. The van der Waals surface area contributed by atoms with Gasteiger partial charge in [0.15, 0.2) is 5.58 Å². The highest BCUT2D eigenvalue weighted by Gasteiger charge is 2.11. The minimum atomic E-state index is -0.177. The van der Waals surface area contributed by atoms with E-state index >= 15 is 0 Å². The Balaban J connectivity index is 1.58. The minimum Gasteiger partial charge on any atom is -0.436 e. The van der Waals surface area contributed by atoms with Gasteiger partial charge in [-0.3, -0.25) is 4.79 Å². The van der Waals surface area contributed by atoms with E-state index in [2.05, 4.69) is 26.2 Å². The number of hydrogen-bond donors (Lipinski definition) is 1. The molecule has 5 nitrogen and oxygen atoms in total. The maximum Gasteiger partial charge on any atom is 0.255 e. The Morgan fingerprint density at radius 3 is 2.54 bits per heavy atom. The molecule has 3 aromatic carbocycles. The lowest BCUT2D eigenvalue weighted by molar-refractivity contribution is 0.102. The molecule has 28 heavy (non-hydrogen) atoms. The number of benzene rings is 3. The molecule has 0 unspecified atom stereocenters. The Morgan fingerprint density at radius 2 is 1.82 bits per heavy atom. The first-order chi connectivity index (χ1) is 13.5. The molecule has 0 bridgehead atoms. The molecule has 4 rings (SSSR count). The van der Waals surface area contributed by atoms with Crippen molar-refractivity contribution in [1.82, 2.24) is 4.98 Å². The molecule has 0 aliphatic heterocycles. The smallest absolute Gasteiger partial charge is 0.255 e. The van der Waals surface area contributed by atoms with E-state index in [0.29, 0.717) is 28.2 Å². The molecule has 1 amide bonds. The second-order valence-electron chi connectivity index (χ2n) is 6.61. The monoisotopic (exact) mass is 435 g/mol. The number of rotatable bonds is 4. The van der Waals surface area contributed by atoms with Crippen LogP contribution in [0.25, 0.3) is 22.6 Å². The van der Waals surface area contributed by atoms with Gasteiger partial charge in [-0.05, 0) is 60.7 Å². The van der Waals surface area contributed by atoms with Crippen LogP contribution in [0, 0.1) is 0 Å². The van der Waals surface area contributed by atoms with Crippen LogP contribution in [0.2, 0.25) is 0 Å². The van der Waals surface area contributed by atoms with E-state index in [0.717, 1.165) is 15.7 Å². The van der Waals surface area contributed by atoms with Gasteiger partial charge in [-0.1, -0.05) is 22.0 Å². The average Bonchev–Trinajstić information content (AvgIpc) is 3.11. The van der Waals surface area contributed by atoms with Crippen molar-refractivity contribution in [2.75, 3.05) is 24.3 Å². The minimum absolute atomic E-state index is 0.177. The number of fused-ring (bicyclic) bond motifs is 1. The lowest BCUT2D eigenvalue weighted by Gasteiger charge is -2.11. The predicted octanol–water partition coefficient (Wildman–Crippen LogP) is 5.58. The van der Waals surface area contributed by atoms with Crippen molar-refractivity contribution in [2.24, 2.45) is 0 Å². The van der Waals surface area contributed by atoms with Crippen LogP contribution in [-0.2, 0) is 0 Å². The number of nitrogens with zero attached hydrogens (tertiary/aromatic N) is 2. The van der Waals surface area contributed by atoms with Gasteiger partial charge in [0.1, 0.15) is 5.52 Å². The molecule has 1 heterocycles. The van der Waals surface area contributed by atoms with Crippen molar-refractivity contribution in [3.63, 3.8) is 0 Å². The van der Waals surface area contributed by atoms with Crippen LogP contribution in [0.5, 0.6) is 0 Å². The Morgan fingerprint density at radius 1 is 1.04 bits per heavy atom. The summed E-state index contributed by atoms with van der Waals surface area (Å²) in [7, 11) is 4.00. The second kappa shape index (κ2) is 7.48. The first-order valence-electron chi connectivity index (χ1n) is 8.75. The summed E-state index contributed by atoms with van der Waals surface area (Å²) in [6.07, 6.45) is 0. The number of aromatic nitrogens is 1. The summed E-state index contributed by atoms with van der Waals surface area (Å²) < 4.78 is 6.73. The van der Waals surface area contributed by atoms with Gasteiger partial charge in [0, 0.05) is 41.1 Å². The molecule has 6 heteroatoms. The van der Waals surface area contributed by atoms with Gasteiger partial charge >= 0.3 is 0 Å². The summed E-state index contributed by atoms with van der Waals surface area (Å²) in [4.78, 5) is 19.0. The van der Waals surface area contributed by atoms with Gasteiger partial charge < -0.3 is 14.6 Å². The van der Waals surface area contributed by atoms with Crippen LogP contribution in [-0.4, -0.2) is 25.0 Å². The quantitative estimate of drug-likeness (QED) is 0.454. The fraction of sp³-hybridized carbons (Fsp3) is 0.0909. The van der Waals surface area contributed by atoms with Crippen molar-refractivity contribution < 1.29 is 9.21 Å². The summed E-state index contributed by atoms with van der Waals surface area (Å²) in [6.45, 7) is 0. The van der Waals surface area contributed by atoms with E-state index in [1.165, 1.54) is 0 Å². The average molecular weight is 436 g/mol. The van der Waals surface area contributed by atoms with Gasteiger partial charge in [0.05, 0.1) is 0 Å². The van der Waals surface area contributed by atoms with Crippen LogP contribution in [0.3, 0.4) is 0 Å². The van der Waals surface area contributed by atoms with Crippen LogP contribution < -0.4 is 10.2 Å². The van der Waals surface area contributed by atoms with Crippen molar-refractivity contribution in [2.45, 2.75) is 0 Å². The highest BCUT2D eigenvalue weighted by Crippen LogP contribution is 2.27. The lowest BCUT2D eigenvalue weighted by Crippen LogP contribution is -2.11. The first kappa shape index (κ1) is 18.3. The standard InChI is InChI=1S/C22H18BrN3O2/c1-26(2)18-9-6-14(7-10-18)22-25-19-13-17(8-11-20(19)28-22)24-21(27)15-4-3-5-16(23)12-15/h3-13H,1-2H3,(H,24,27). The fourth-order valence-corrected chi connectivity index (χ4v) is 3.26. The molecular formula is C22H18BrN3O2. The third-order valence-electron chi connectivity index (χ3n) is 4.36. The van der Waals surface area contributed by atoms with Gasteiger partial charge in [0.2, 0.25) is 5.89 Å². The highest BCUT2D eigenvalue weighted by molar-refractivity contribution is 9.10. The van der Waals surface area contributed by atoms with Crippen molar-refractivity contribution >= 4 is 44.3 Å². The molecule has 4 aromatic rings. The number of carbonyl (C=O) groups excluding carboxylic acids is 1. The van der Waals surface area contributed by atoms with Crippen molar-refractivity contribution in [1.29, 1.82) is 0 Å². The number of anilines is 2. The summed E-state index contributed by atoms with van der Waals surface area (Å²) >= 11 is 3.38. The maximum atomic E-state index is 12.4. The Kier molecular flexibility index (Phi) is 4.88. The third-order valence-corrected chi connectivity index (χ3v) is 4.86. The lowest BCUT2D eigenvalue weighted by atomic mass is 10.2. The summed E-state index contributed by atoms with van der Waals surface area (Å²) in [5.74, 6) is 0.374. The molecule has 0 aliphatic rings. The zero-order chi connectivity index (χ0) is 19.7. The zero-order valence-electron chi connectivity index (χ0n) is 15.4. The molecule has 0 aliphatic carbocycles. The number of amides is 1. The first-order valence-corrected chi connectivity index (χ1v) is 9.54. The van der Waals surface area contributed by atoms with E-state index < -0.39 is 0 Å². The fourth-order valence-electron chi connectivity index (χ4n) is 2.86. The van der Waals surface area contributed by atoms with Gasteiger partial charge in [0.25, 0.3) is 5.91 Å². The molecule has 0 spiro atoms. The maximum absolute atomic E-state index is 12.4. The molecule has 0 saturated heterocycles. The van der Waals surface area contributed by atoms with Crippen LogP contribution in [0.1, 0.15) is 10.4 Å². The number of oxazole rings is 1. The van der Waals surface area contributed by atoms with Crippen molar-refractivity contribution in [3.05, 3.63) is 76.8 Å². The van der Waals surface area contributed by atoms with Crippen molar-refractivity contribution in [3.8, 4) is 11.5 Å². The normalized spacial score (nSPS) is 10.8. The van der Waals surface area contributed by atoms with Gasteiger partial charge in [-0.25, -0.2) is 4.98 Å². The predicted molar refractivity (Wildman–Crippen MR) is 116 cm³/mol. The number of hydrogen-bond acceptors (Lipinski definition) is 4. The Labute approximate surface area is 171 Å². The zero-order valence-corrected chi connectivity index (χ0v) is 17.0. The molecule has 0 fully saturated rings. The Bertz CT molecular complexity index is 1150. The SMILES string of the molecule is CN(C)c1ccc(-c2nc3cc(NC(=O)c4cccc(Br)c4)ccc3o2)cc1. The number of carbonyl (C=O) groups is 1. The largest absolute Gasteiger partial charge is 0.436 e. The van der Waals surface area contributed by atoms with E-state index in [9.17, 15) is 4.79 Å². The Hall–Kier alpha value is -3.12. The molecule has 1 N–H and O–H groups in total. The molecule has 0 radical (unpaired) electrons. The van der Waals surface area contributed by atoms with E-state index in [1.54, 1.807) is 12.1 Å². The molecule has 140 valence electrons. The highest BCUT2D eigenvalue weighted by atomic mass is 79.9.